The van der Waals surface area contributed by atoms with Crippen molar-refractivity contribution < 1.29 is 4.79 Å². The number of halogens is 1. The van der Waals surface area contributed by atoms with E-state index >= 15 is 0 Å². The lowest BCUT2D eigenvalue weighted by Crippen LogP contribution is -2.43. The molecule has 1 saturated heterocycles. The highest BCUT2D eigenvalue weighted by molar-refractivity contribution is 6.30. The first kappa shape index (κ1) is 14.8. The highest BCUT2D eigenvalue weighted by Crippen LogP contribution is 2.17. The molecule has 3 rings (SSSR count). The first-order chi connectivity index (χ1) is 10.7. The average Bonchev–Trinajstić information content (AvgIpc) is 2.56. The summed E-state index contributed by atoms with van der Waals surface area (Å²) >= 11 is 5.91. The molecule has 1 aromatic carbocycles. The first-order valence-electron chi connectivity index (χ1n) is 7.21. The highest BCUT2D eigenvalue weighted by atomic mass is 35.5. The molecule has 22 heavy (non-hydrogen) atoms. The number of hydrogen-bond donors (Lipinski definition) is 2. The number of carbonyl (C=O) groups excluding carboxylic acids is 1. The summed E-state index contributed by atoms with van der Waals surface area (Å²) < 4.78 is 0. The van der Waals surface area contributed by atoms with Gasteiger partial charge < -0.3 is 15.5 Å². The minimum absolute atomic E-state index is 0.193. The minimum Gasteiger partial charge on any atom is -0.354 e. The van der Waals surface area contributed by atoms with Crippen molar-refractivity contribution >= 4 is 29.0 Å². The van der Waals surface area contributed by atoms with Crippen LogP contribution < -0.4 is 15.5 Å². The van der Waals surface area contributed by atoms with E-state index in [1.54, 1.807) is 36.5 Å². The molecule has 0 unspecified atom stereocenters. The van der Waals surface area contributed by atoms with Crippen LogP contribution in [-0.2, 0) is 0 Å². The third-order valence-electron chi connectivity index (χ3n) is 3.53. The third-order valence-corrected chi connectivity index (χ3v) is 3.77. The number of amides is 1. The van der Waals surface area contributed by atoms with Crippen LogP contribution in [0.2, 0.25) is 5.02 Å². The van der Waals surface area contributed by atoms with Gasteiger partial charge in [-0.3, -0.25) is 4.79 Å². The molecule has 2 aromatic rings. The van der Waals surface area contributed by atoms with E-state index < -0.39 is 0 Å². The van der Waals surface area contributed by atoms with Crippen molar-refractivity contribution in [1.29, 1.82) is 0 Å². The van der Waals surface area contributed by atoms with Crippen molar-refractivity contribution in [2.75, 3.05) is 36.4 Å². The summed E-state index contributed by atoms with van der Waals surface area (Å²) in [6, 6.07) is 10.8. The van der Waals surface area contributed by atoms with Gasteiger partial charge in [-0.2, -0.15) is 0 Å². The van der Waals surface area contributed by atoms with E-state index in [4.69, 9.17) is 11.6 Å². The summed E-state index contributed by atoms with van der Waals surface area (Å²) in [5.41, 5.74) is 1.20. The lowest BCUT2D eigenvalue weighted by molar-refractivity contribution is 0.102. The molecule has 0 radical (unpaired) electrons. The van der Waals surface area contributed by atoms with Crippen molar-refractivity contribution in [3.8, 4) is 0 Å². The molecule has 0 bridgehead atoms. The Hall–Kier alpha value is -2.11. The maximum Gasteiger partial charge on any atom is 0.257 e. The number of rotatable bonds is 3. The number of benzene rings is 1. The van der Waals surface area contributed by atoms with Gasteiger partial charge in [-0.05, 0) is 30.3 Å². The fraction of sp³-hybridized carbons (Fsp3) is 0.250. The lowest BCUT2D eigenvalue weighted by Gasteiger charge is -2.28. The van der Waals surface area contributed by atoms with Crippen LogP contribution in [0.1, 0.15) is 10.4 Å². The van der Waals surface area contributed by atoms with Gasteiger partial charge in [0.15, 0.2) is 0 Å². The van der Waals surface area contributed by atoms with Gasteiger partial charge in [0.1, 0.15) is 5.82 Å². The standard InChI is InChI=1S/C16H17ClN4O/c17-13-2-1-3-14(10-13)20-16(22)12-4-5-15(19-11-12)21-8-6-18-7-9-21/h1-5,10-11,18H,6-9H2,(H,20,22). The summed E-state index contributed by atoms with van der Waals surface area (Å²) in [6.07, 6.45) is 1.61. The molecule has 6 heteroatoms. The van der Waals surface area contributed by atoms with Crippen molar-refractivity contribution in [2.45, 2.75) is 0 Å². The molecular weight excluding hydrogens is 300 g/mol. The van der Waals surface area contributed by atoms with Gasteiger partial charge in [0.2, 0.25) is 0 Å². The molecule has 0 atom stereocenters. The largest absolute Gasteiger partial charge is 0.354 e. The van der Waals surface area contributed by atoms with E-state index in [2.05, 4.69) is 20.5 Å². The molecule has 1 aliphatic rings. The zero-order valence-corrected chi connectivity index (χ0v) is 12.8. The van der Waals surface area contributed by atoms with E-state index in [0.29, 0.717) is 16.3 Å². The highest BCUT2D eigenvalue weighted by Gasteiger charge is 2.13. The average molecular weight is 317 g/mol. The maximum atomic E-state index is 12.2. The van der Waals surface area contributed by atoms with E-state index in [9.17, 15) is 4.79 Å². The Bertz CT molecular complexity index is 653. The van der Waals surface area contributed by atoms with Crippen molar-refractivity contribution in [3.05, 3.63) is 53.2 Å². The third kappa shape index (κ3) is 3.55. The number of anilines is 2. The number of hydrogen-bond acceptors (Lipinski definition) is 4. The number of nitrogens with zero attached hydrogens (tertiary/aromatic N) is 2. The summed E-state index contributed by atoms with van der Waals surface area (Å²) in [6.45, 7) is 3.78. The zero-order chi connectivity index (χ0) is 15.4. The topological polar surface area (TPSA) is 57.3 Å². The van der Waals surface area contributed by atoms with Crippen molar-refractivity contribution in [3.63, 3.8) is 0 Å². The van der Waals surface area contributed by atoms with Gasteiger partial charge in [-0.25, -0.2) is 4.98 Å². The van der Waals surface area contributed by atoms with Gasteiger partial charge in [0.25, 0.3) is 5.91 Å². The fourth-order valence-corrected chi connectivity index (χ4v) is 2.56. The molecule has 2 heterocycles. The summed E-state index contributed by atoms with van der Waals surface area (Å²) in [5, 5.41) is 6.70. The summed E-state index contributed by atoms with van der Waals surface area (Å²) in [7, 11) is 0. The molecule has 1 aliphatic heterocycles. The molecular formula is C16H17ClN4O. The van der Waals surface area contributed by atoms with Gasteiger partial charge in [0, 0.05) is 43.1 Å². The van der Waals surface area contributed by atoms with Crippen LogP contribution in [0.3, 0.4) is 0 Å². The summed E-state index contributed by atoms with van der Waals surface area (Å²) in [5.74, 6) is 0.711. The molecule has 5 nitrogen and oxygen atoms in total. The van der Waals surface area contributed by atoms with Crippen LogP contribution in [0.25, 0.3) is 0 Å². The van der Waals surface area contributed by atoms with Gasteiger partial charge in [-0.1, -0.05) is 17.7 Å². The predicted octanol–water partition coefficient (Wildman–Crippen LogP) is 2.40. The van der Waals surface area contributed by atoms with E-state index in [1.165, 1.54) is 0 Å². The second-order valence-corrected chi connectivity index (χ2v) is 5.54. The van der Waals surface area contributed by atoms with E-state index in [-0.39, 0.29) is 5.91 Å². The van der Waals surface area contributed by atoms with Gasteiger partial charge >= 0.3 is 0 Å². The van der Waals surface area contributed by atoms with Crippen LogP contribution in [0.5, 0.6) is 0 Å². The Kier molecular flexibility index (Phi) is 4.56. The van der Waals surface area contributed by atoms with Crippen LogP contribution in [0.4, 0.5) is 11.5 Å². The SMILES string of the molecule is O=C(Nc1cccc(Cl)c1)c1ccc(N2CCNCC2)nc1. The number of nitrogens with one attached hydrogen (secondary N) is 2. The van der Waals surface area contributed by atoms with Crippen molar-refractivity contribution in [2.24, 2.45) is 0 Å². The Morgan fingerprint density at radius 3 is 2.73 bits per heavy atom. The maximum absolute atomic E-state index is 12.2. The molecule has 2 N–H and O–H groups in total. The molecule has 0 aliphatic carbocycles. The molecule has 1 amide bonds. The monoisotopic (exact) mass is 316 g/mol. The number of aromatic nitrogens is 1. The number of piperazine rings is 1. The first-order valence-corrected chi connectivity index (χ1v) is 7.59. The Morgan fingerprint density at radius 1 is 1.23 bits per heavy atom. The normalized spacial score (nSPS) is 14.7. The lowest BCUT2D eigenvalue weighted by atomic mass is 10.2. The van der Waals surface area contributed by atoms with Crippen LogP contribution in [-0.4, -0.2) is 37.1 Å². The zero-order valence-electron chi connectivity index (χ0n) is 12.1. The number of pyridine rings is 1. The molecule has 1 aromatic heterocycles. The second kappa shape index (κ2) is 6.77. The molecule has 1 fully saturated rings. The Balaban J connectivity index is 1.68. The van der Waals surface area contributed by atoms with Gasteiger partial charge in [-0.15, -0.1) is 0 Å². The summed E-state index contributed by atoms with van der Waals surface area (Å²) in [4.78, 5) is 18.8. The molecule has 0 spiro atoms. The number of carbonyl (C=O) groups is 1. The minimum atomic E-state index is -0.193. The molecule has 114 valence electrons. The smallest absolute Gasteiger partial charge is 0.257 e. The molecule has 0 saturated carbocycles. The quantitative estimate of drug-likeness (QED) is 0.913. The van der Waals surface area contributed by atoms with Crippen molar-refractivity contribution in [1.82, 2.24) is 10.3 Å². The van der Waals surface area contributed by atoms with E-state index in [0.717, 1.165) is 32.0 Å². The Labute approximate surface area is 134 Å². The predicted molar refractivity (Wildman–Crippen MR) is 88.7 cm³/mol. The van der Waals surface area contributed by atoms with Crippen LogP contribution in [0, 0.1) is 0 Å². The fourth-order valence-electron chi connectivity index (χ4n) is 2.37. The van der Waals surface area contributed by atoms with Crippen LogP contribution in [0.15, 0.2) is 42.6 Å². The van der Waals surface area contributed by atoms with E-state index in [1.807, 2.05) is 6.07 Å². The van der Waals surface area contributed by atoms with Crippen LogP contribution >= 0.6 is 11.6 Å². The van der Waals surface area contributed by atoms with Gasteiger partial charge in [0.05, 0.1) is 5.56 Å². The second-order valence-electron chi connectivity index (χ2n) is 5.11. The Morgan fingerprint density at radius 2 is 2.05 bits per heavy atom.